The van der Waals surface area contributed by atoms with Crippen molar-refractivity contribution in [3.8, 4) is 17.2 Å². The fourth-order valence-electron chi connectivity index (χ4n) is 2.59. The quantitative estimate of drug-likeness (QED) is 0.599. The number of ether oxygens (including phenoxy) is 3. The molecule has 0 unspecified atom stereocenters. The Kier molecular flexibility index (Phi) is 6.33. The van der Waals surface area contributed by atoms with Crippen LogP contribution in [0, 0.1) is 0 Å². The van der Waals surface area contributed by atoms with Crippen molar-refractivity contribution in [3.05, 3.63) is 59.1 Å². The zero-order chi connectivity index (χ0) is 19.9. The SMILES string of the molecule is COc1ccccc1CNC(=O)c1csc(Nc2ccc(OC)c(OC)c2)n1. The molecular weight excluding hydrogens is 378 g/mol. The Balaban J connectivity index is 1.64. The zero-order valence-corrected chi connectivity index (χ0v) is 16.6. The van der Waals surface area contributed by atoms with Gasteiger partial charge in [-0.15, -0.1) is 11.3 Å². The van der Waals surface area contributed by atoms with Crippen LogP contribution in [0.5, 0.6) is 17.2 Å². The molecule has 0 aliphatic rings. The second-order valence-corrected chi connectivity index (χ2v) is 6.59. The molecule has 1 aromatic heterocycles. The number of carbonyl (C=O) groups is 1. The Morgan fingerprint density at radius 3 is 2.50 bits per heavy atom. The number of para-hydroxylation sites is 1. The average Bonchev–Trinajstić information content (AvgIpc) is 3.20. The molecule has 7 nitrogen and oxygen atoms in total. The number of methoxy groups -OCH3 is 3. The average molecular weight is 399 g/mol. The summed E-state index contributed by atoms with van der Waals surface area (Å²) in [4.78, 5) is 16.7. The minimum atomic E-state index is -0.248. The van der Waals surface area contributed by atoms with Gasteiger partial charge in [-0.05, 0) is 18.2 Å². The van der Waals surface area contributed by atoms with E-state index >= 15 is 0 Å². The van der Waals surface area contributed by atoms with E-state index in [0.717, 1.165) is 17.0 Å². The van der Waals surface area contributed by atoms with Crippen molar-refractivity contribution in [2.45, 2.75) is 6.54 Å². The lowest BCUT2D eigenvalue weighted by Gasteiger charge is -2.10. The molecule has 146 valence electrons. The van der Waals surface area contributed by atoms with Gasteiger partial charge in [0.25, 0.3) is 5.91 Å². The van der Waals surface area contributed by atoms with Crippen LogP contribution in [0.15, 0.2) is 47.8 Å². The van der Waals surface area contributed by atoms with Crippen molar-refractivity contribution < 1.29 is 19.0 Å². The Labute approximate surface area is 167 Å². The molecule has 0 fully saturated rings. The van der Waals surface area contributed by atoms with E-state index in [1.54, 1.807) is 32.8 Å². The molecule has 1 heterocycles. The molecule has 8 heteroatoms. The number of carbonyl (C=O) groups excluding carboxylic acids is 1. The minimum Gasteiger partial charge on any atom is -0.496 e. The molecule has 0 radical (unpaired) electrons. The molecule has 0 aliphatic heterocycles. The highest BCUT2D eigenvalue weighted by Gasteiger charge is 2.12. The normalized spacial score (nSPS) is 10.2. The molecule has 0 spiro atoms. The zero-order valence-electron chi connectivity index (χ0n) is 15.8. The van der Waals surface area contributed by atoms with Gasteiger partial charge in [-0.2, -0.15) is 0 Å². The maximum Gasteiger partial charge on any atom is 0.271 e. The third-order valence-corrected chi connectivity index (χ3v) is 4.76. The summed E-state index contributed by atoms with van der Waals surface area (Å²) in [6.45, 7) is 0.360. The second kappa shape index (κ2) is 9.09. The highest BCUT2D eigenvalue weighted by molar-refractivity contribution is 7.14. The minimum absolute atomic E-state index is 0.248. The van der Waals surface area contributed by atoms with Crippen LogP contribution in [0.25, 0.3) is 0 Å². The third kappa shape index (κ3) is 4.52. The number of benzene rings is 2. The van der Waals surface area contributed by atoms with Gasteiger partial charge in [0.15, 0.2) is 16.6 Å². The maximum atomic E-state index is 12.4. The van der Waals surface area contributed by atoms with Gasteiger partial charge in [0, 0.05) is 29.2 Å². The summed E-state index contributed by atoms with van der Waals surface area (Å²) >= 11 is 1.35. The van der Waals surface area contributed by atoms with Crippen LogP contribution in [0.2, 0.25) is 0 Å². The first-order valence-corrected chi connectivity index (χ1v) is 9.37. The number of nitrogens with one attached hydrogen (secondary N) is 2. The van der Waals surface area contributed by atoms with Gasteiger partial charge in [0.2, 0.25) is 0 Å². The first kappa shape index (κ1) is 19.5. The van der Waals surface area contributed by atoms with E-state index in [1.165, 1.54) is 11.3 Å². The van der Waals surface area contributed by atoms with Gasteiger partial charge in [-0.1, -0.05) is 18.2 Å². The number of nitrogens with zero attached hydrogens (tertiary/aromatic N) is 1. The fraction of sp³-hybridized carbons (Fsp3) is 0.200. The number of thiazole rings is 1. The third-order valence-electron chi connectivity index (χ3n) is 4.00. The number of hydrogen-bond donors (Lipinski definition) is 2. The Bertz CT molecular complexity index is 958. The summed E-state index contributed by atoms with van der Waals surface area (Å²) in [5.74, 6) is 1.74. The van der Waals surface area contributed by atoms with E-state index in [9.17, 15) is 4.79 Å². The summed E-state index contributed by atoms with van der Waals surface area (Å²) in [5.41, 5.74) is 2.04. The lowest BCUT2D eigenvalue weighted by atomic mass is 10.2. The van der Waals surface area contributed by atoms with Crippen LogP contribution in [-0.4, -0.2) is 32.2 Å². The predicted molar refractivity (Wildman–Crippen MR) is 109 cm³/mol. The highest BCUT2D eigenvalue weighted by Crippen LogP contribution is 2.31. The predicted octanol–water partition coefficient (Wildman–Crippen LogP) is 3.84. The van der Waals surface area contributed by atoms with Crippen LogP contribution in [0.3, 0.4) is 0 Å². The molecule has 3 rings (SSSR count). The maximum absolute atomic E-state index is 12.4. The summed E-state index contributed by atoms with van der Waals surface area (Å²) < 4.78 is 15.8. The van der Waals surface area contributed by atoms with E-state index in [0.29, 0.717) is 28.9 Å². The number of aromatic nitrogens is 1. The lowest BCUT2D eigenvalue weighted by molar-refractivity contribution is 0.0946. The lowest BCUT2D eigenvalue weighted by Crippen LogP contribution is -2.23. The van der Waals surface area contributed by atoms with Gasteiger partial charge in [-0.3, -0.25) is 4.79 Å². The Morgan fingerprint density at radius 1 is 1.00 bits per heavy atom. The molecule has 3 aromatic rings. The van der Waals surface area contributed by atoms with Crippen LogP contribution < -0.4 is 24.8 Å². The number of hydrogen-bond acceptors (Lipinski definition) is 7. The Hall–Kier alpha value is -3.26. The summed E-state index contributed by atoms with van der Waals surface area (Å²) in [6.07, 6.45) is 0. The van der Waals surface area contributed by atoms with Gasteiger partial charge >= 0.3 is 0 Å². The van der Waals surface area contributed by atoms with Crippen molar-refractivity contribution in [2.24, 2.45) is 0 Å². The molecule has 0 aliphatic carbocycles. The van der Waals surface area contributed by atoms with E-state index < -0.39 is 0 Å². The molecule has 28 heavy (non-hydrogen) atoms. The van der Waals surface area contributed by atoms with E-state index in [-0.39, 0.29) is 5.91 Å². The van der Waals surface area contributed by atoms with Crippen LogP contribution in [0.4, 0.5) is 10.8 Å². The summed E-state index contributed by atoms with van der Waals surface area (Å²) in [5, 5.41) is 8.35. The summed E-state index contributed by atoms with van der Waals surface area (Å²) in [7, 11) is 4.77. The van der Waals surface area contributed by atoms with Crippen molar-refractivity contribution in [1.82, 2.24) is 10.3 Å². The van der Waals surface area contributed by atoms with Crippen LogP contribution in [-0.2, 0) is 6.54 Å². The molecule has 0 saturated carbocycles. The number of anilines is 2. The molecule has 0 atom stereocenters. The highest BCUT2D eigenvalue weighted by atomic mass is 32.1. The largest absolute Gasteiger partial charge is 0.496 e. The molecule has 2 aromatic carbocycles. The van der Waals surface area contributed by atoms with Crippen molar-refractivity contribution in [3.63, 3.8) is 0 Å². The standard InChI is InChI=1S/C20H21N3O4S/c1-25-16-7-5-4-6-13(16)11-21-19(24)15-12-28-20(23-15)22-14-8-9-17(26-2)18(10-14)27-3/h4-10,12H,11H2,1-3H3,(H,21,24)(H,22,23). The Morgan fingerprint density at radius 2 is 1.75 bits per heavy atom. The number of amides is 1. The van der Waals surface area contributed by atoms with Crippen molar-refractivity contribution >= 4 is 28.1 Å². The van der Waals surface area contributed by atoms with Gasteiger partial charge in [-0.25, -0.2) is 4.98 Å². The number of rotatable bonds is 8. The first-order chi connectivity index (χ1) is 13.6. The van der Waals surface area contributed by atoms with Crippen molar-refractivity contribution in [1.29, 1.82) is 0 Å². The topological polar surface area (TPSA) is 81.7 Å². The van der Waals surface area contributed by atoms with Crippen LogP contribution >= 0.6 is 11.3 Å². The molecule has 2 N–H and O–H groups in total. The van der Waals surface area contributed by atoms with Gasteiger partial charge in [0.1, 0.15) is 11.4 Å². The second-order valence-electron chi connectivity index (χ2n) is 5.73. The van der Waals surface area contributed by atoms with E-state index in [4.69, 9.17) is 14.2 Å². The van der Waals surface area contributed by atoms with Crippen LogP contribution in [0.1, 0.15) is 16.1 Å². The summed E-state index contributed by atoms with van der Waals surface area (Å²) in [6, 6.07) is 13.0. The molecule has 0 bridgehead atoms. The fourth-order valence-corrected chi connectivity index (χ4v) is 3.30. The van der Waals surface area contributed by atoms with Gasteiger partial charge < -0.3 is 24.8 Å². The van der Waals surface area contributed by atoms with Gasteiger partial charge in [0.05, 0.1) is 21.3 Å². The van der Waals surface area contributed by atoms with Crippen molar-refractivity contribution in [2.75, 3.05) is 26.6 Å². The first-order valence-electron chi connectivity index (χ1n) is 8.49. The molecule has 1 amide bonds. The van der Waals surface area contributed by atoms with E-state index in [1.807, 2.05) is 36.4 Å². The molecular formula is C20H21N3O4S. The monoisotopic (exact) mass is 399 g/mol. The smallest absolute Gasteiger partial charge is 0.271 e. The van der Waals surface area contributed by atoms with E-state index in [2.05, 4.69) is 15.6 Å². The molecule has 0 saturated heterocycles.